The largest absolute Gasteiger partial charge is 0.463 e. The standard InChI is InChI=1S/C24H27ClN4O4S/c1-4-33-23(32)21-15(2)26-24-29(22(21)17-6-5-7-18(25)12-17)19(14-34-24)13-20(31)28-10-8-27(9-11-28)16(3)30/h5-7,12,14,22H,4,8-11,13H2,1-3H3/t22-/m0/s1. The number of carbonyl (C=O) groups excluding carboxylic acids is 3. The van der Waals surface area contributed by atoms with Gasteiger partial charge in [-0.3, -0.25) is 9.59 Å². The van der Waals surface area contributed by atoms with Gasteiger partial charge in [0.05, 0.1) is 30.3 Å². The monoisotopic (exact) mass is 502 g/mol. The predicted octanol–water partition coefficient (Wildman–Crippen LogP) is 3.56. The highest BCUT2D eigenvalue weighted by Gasteiger charge is 2.41. The lowest BCUT2D eigenvalue weighted by Gasteiger charge is -2.37. The molecule has 0 aliphatic carbocycles. The Morgan fingerprint density at radius 2 is 1.88 bits per heavy atom. The summed E-state index contributed by atoms with van der Waals surface area (Å²) in [6, 6.07) is 6.85. The fourth-order valence-electron chi connectivity index (χ4n) is 4.37. The zero-order chi connectivity index (χ0) is 24.4. The number of ether oxygens (including phenoxy) is 1. The fraction of sp³-hybridized carbons (Fsp3) is 0.417. The molecule has 0 bridgehead atoms. The number of rotatable bonds is 5. The van der Waals surface area contributed by atoms with Gasteiger partial charge in [-0.2, -0.15) is 0 Å². The third-order valence-corrected chi connectivity index (χ3v) is 7.19. The van der Waals surface area contributed by atoms with Crippen LogP contribution >= 0.6 is 23.4 Å². The quantitative estimate of drug-likeness (QED) is 0.572. The maximum absolute atomic E-state index is 13.2. The number of carbonyl (C=O) groups is 3. The molecule has 34 heavy (non-hydrogen) atoms. The van der Waals surface area contributed by atoms with E-state index in [1.54, 1.807) is 36.6 Å². The van der Waals surface area contributed by atoms with E-state index in [1.807, 2.05) is 28.5 Å². The van der Waals surface area contributed by atoms with Gasteiger partial charge in [0.1, 0.15) is 0 Å². The van der Waals surface area contributed by atoms with Crippen LogP contribution in [0.2, 0.25) is 5.02 Å². The van der Waals surface area contributed by atoms with Crippen LogP contribution in [0.15, 0.2) is 51.6 Å². The van der Waals surface area contributed by atoms with Crippen LogP contribution in [-0.4, -0.2) is 70.4 Å². The topological polar surface area (TPSA) is 82.5 Å². The van der Waals surface area contributed by atoms with Gasteiger partial charge in [-0.15, -0.1) is 0 Å². The molecule has 180 valence electrons. The summed E-state index contributed by atoms with van der Waals surface area (Å²) in [5.41, 5.74) is 2.60. The number of fused-ring (bicyclic) bond motifs is 1. The molecule has 0 radical (unpaired) electrons. The molecule has 1 atom stereocenters. The Bertz CT molecular complexity index is 1110. The number of nitrogens with zero attached hydrogens (tertiary/aromatic N) is 4. The van der Waals surface area contributed by atoms with Crippen molar-refractivity contribution in [3.8, 4) is 0 Å². The fourth-order valence-corrected chi connectivity index (χ4v) is 5.53. The number of aliphatic imine (C=N–C) groups is 1. The highest BCUT2D eigenvalue weighted by atomic mass is 35.5. The van der Waals surface area contributed by atoms with Crippen molar-refractivity contribution in [1.82, 2.24) is 14.7 Å². The minimum atomic E-state index is -0.506. The molecule has 3 aliphatic heterocycles. The van der Waals surface area contributed by atoms with E-state index >= 15 is 0 Å². The van der Waals surface area contributed by atoms with E-state index < -0.39 is 12.0 Å². The molecule has 3 heterocycles. The Hall–Kier alpha value is -2.78. The first-order valence-corrected chi connectivity index (χ1v) is 12.5. The van der Waals surface area contributed by atoms with Crippen molar-refractivity contribution in [3.05, 3.63) is 57.2 Å². The molecule has 8 nitrogen and oxygen atoms in total. The van der Waals surface area contributed by atoms with E-state index in [1.165, 1.54) is 11.8 Å². The molecule has 1 aromatic rings. The van der Waals surface area contributed by atoms with E-state index in [0.29, 0.717) is 47.6 Å². The Morgan fingerprint density at radius 3 is 2.53 bits per heavy atom. The number of benzene rings is 1. The highest BCUT2D eigenvalue weighted by Crippen LogP contribution is 2.45. The van der Waals surface area contributed by atoms with Crippen molar-refractivity contribution in [2.75, 3.05) is 32.8 Å². The number of halogens is 1. The minimum Gasteiger partial charge on any atom is -0.463 e. The van der Waals surface area contributed by atoms with Crippen molar-refractivity contribution in [3.63, 3.8) is 0 Å². The van der Waals surface area contributed by atoms with Gasteiger partial charge >= 0.3 is 5.97 Å². The van der Waals surface area contributed by atoms with Crippen molar-refractivity contribution in [1.29, 1.82) is 0 Å². The van der Waals surface area contributed by atoms with Crippen molar-refractivity contribution in [2.24, 2.45) is 4.99 Å². The number of amidine groups is 1. The number of esters is 1. The molecule has 0 spiro atoms. The summed E-state index contributed by atoms with van der Waals surface area (Å²) in [5.74, 6) is -0.435. The van der Waals surface area contributed by atoms with Crippen LogP contribution in [0.25, 0.3) is 0 Å². The lowest BCUT2D eigenvalue weighted by Crippen LogP contribution is -2.50. The number of thioether (sulfide) groups is 1. The van der Waals surface area contributed by atoms with Crippen LogP contribution in [0.4, 0.5) is 0 Å². The zero-order valence-corrected chi connectivity index (χ0v) is 21.0. The molecule has 1 aromatic carbocycles. The number of allylic oxidation sites excluding steroid dienone is 1. The molecule has 3 aliphatic rings. The average molecular weight is 503 g/mol. The molecule has 0 saturated carbocycles. The minimum absolute atomic E-state index is 0.0224. The second-order valence-corrected chi connectivity index (χ2v) is 9.51. The Balaban J connectivity index is 1.61. The second-order valence-electron chi connectivity index (χ2n) is 8.23. The molecule has 0 N–H and O–H groups in total. The molecular weight excluding hydrogens is 476 g/mol. The number of hydrogen-bond donors (Lipinski definition) is 0. The highest BCUT2D eigenvalue weighted by molar-refractivity contribution is 8.16. The third-order valence-electron chi connectivity index (χ3n) is 6.07. The molecule has 2 amide bonds. The summed E-state index contributed by atoms with van der Waals surface area (Å²) in [6.45, 7) is 7.43. The molecular formula is C24H27ClN4O4S. The number of hydrogen-bond acceptors (Lipinski definition) is 7. The molecule has 0 unspecified atom stereocenters. The number of amides is 2. The summed E-state index contributed by atoms with van der Waals surface area (Å²) in [7, 11) is 0. The Labute approximate surface area is 208 Å². The molecule has 1 saturated heterocycles. The molecule has 10 heteroatoms. The first-order valence-electron chi connectivity index (χ1n) is 11.2. The summed E-state index contributed by atoms with van der Waals surface area (Å²) in [6.07, 6.45) is 0.165. The van der Waals surface area contributed by atoms with E-state index in [2.05, 4.69) is 4.99 Å². The lowest BCUT2D eigenvalue weighted by atomic mass is 9.94. The van der Waals surface area contributed by atoms with E-state index in [4.69, 9.17) is 16.3 Å². The summed E-state index contributed by atoms with van der Waals surface area (Å²) in [4.78, 5) is 47.9. The van der Waals surface area contributed by atoms with Gasteiger partial charge in [0, 0.05) is 43.8 Å². The van der Waals surface area contributed by atoms with Crippen LogP contribution in [0, 0.1) is 0 Å². The van der Waals surface area contributed by atoms with Crippen LogP contribution in [0.5, 0.6) is 0 Å². The van der Waals surface area contributed by atoms with E-state index in [9.17, 15) is 14.4 Å². The first kappa shape index (κ1) is 24.3. The second kappa shape index (κ2) is 10.2. The van der Waals surface area contributed by atoms with Gasteiger partial charge in [-0.1, -0.05) is 35.5 Å². The SMILES string of the molecule is CCOC(=O)C1=C(C)N=C2SC=C(CC(=O)N3CCN(C(C)=O)CC3)N2[C@H]1c1cccc(Cl)c1. The van der Waals surface area contributed by atoms with Gasteiger partial charge in [-0.25, -0.2) is 9.79 Å². The van der Waals surface area contributed by atoms with Crippen LogP contribution in [0.3, 0.4) is 0 Å². The third kappa shape index (κ3) is 4.86. The zero-order valence-electron chi connectivity index (χ0n) is 19.4. The number of piperazine rings is 1. The van der Waals surface area contributed by atoms with Gasteiger partial charge in [0.2, 0.25) is 11.8 Å². The van der Waals surface area contributed by atoms with Crippen molar-refractivity contribution < 1.29 is 19.1 Å². The predicted molar refractivity (Wildman–Crippen MR) is 132 cm³/mol. The Kier molecular flexibility index (Phi) is 7.33. The smallest absolute Gasteiger partial charge is 0.338 e. The average Bonchev–Trinajstić information content (AvgIpc) is 3.20. The maximum Gasteiger partial charge on any atom is 0.338 e. The van der Waals surface area contributed by atoms with Crippen LogP contribution in [0.1, 0.15) is 38.8 Å². The Morgan fingerprint density at radius 1 is 1.18 bits per heavy atom. The maximum atomic E-state index is 13.2. The molecule has 0 aromatic heterocycles. The lowest BCUT2D eigenvalue weighted by molar-refractivity contribution is -0.139. The normalized spacial score (nSPS) is 20.1. The van der Waals surface area contributed by atoms with Crippen LogP contribution < -0.4 is 0 Å². The van der Waals surface area contributed by atoms with Crippen LogP contribution in [-0.2, 0) is 19.1 Å². The van der Waals surface area contributed by atoms with Crippen molar-refractivity contribution >= 4 is 46.3 Å². The summed E-state index contributed by atoms with van der Waals surface area (Å²) >= 11 is 7.73. The summed E-state index contributed by atoms with van der Waals surface area (Å²) in [5, 5.41) is 3.18. The van der Waals surface area contributed by atoms with Crippen molar-refractivity contribution in [2.45, 2.75) is 33.2 Å². The summed E-state index contributed by atoms with van der Waals surface area (Å²) < 4.78 is 5.36. The first-order chi connectivity index (χ1) is 16.3. The van der Waals surface area contributed by atoms with Gasteiger partial charge in [0.15, 0.2) is 5.17 Å². The van der Waals surface area contributed by atoms with Gasteiger partial charge < -0.3 is 19.4 Å². The van der Waals surface area contributed by atoms with Gasteiger partial charge in [-0.05, 0) is 37.0 Å². The molecule has 1 fully saturated rings. The molecule has 4 rings (SSSR count). The van der Waals surface area contributed by atoms with Gasteiger partial charge in [0.25, 0.3) is 0 Å². The van der Waals surface area contributed by atoms with E-state index in [-0.39, 0.29) is 24.8 Å². The van der Waals surface area contributed by atoms with E-state index in [0.717, 1.165) is 11.3 Å².